The molecule has 1 rings (SSSR count). The molecule has 16 heavy (non-hydrogen) atoms. The van der Waals surface area contributed by atoms with Crippen molar-refractivity contribution in [3.8, 4) is 5.75 Å². The molecule has 0 bridgehead atoms. The van der Waals surface area contributed by atoms with Crippen molar-refractivity contribution in [1.82, 2.24) is 10.6 Å². The van der Waals surface area contributed by atoms with E-state index in [1.54, 1.807) is 19.4 Å². The fourth-order valence-corrected chi connectivity index (χ4v) is 1.17. The van der Waals surface area contributed by atoms with Crippen molar-refractivity contribution in [2.75, 3.05) is 13.7 Å². The van der Waals surface area contributed by atoms with E-state index in [9.17, 15) is 4.79 Å². The van der Waals surface area contributed by atoms with E-state index in [-0.39, 0.29) is 6.03 Å². The maximum atomic E-state index is 11.1. The topological polar surface area (TPSA) is 50.4 Å². The zero-order chi connectivity index (χ0) is 11.8. The molecule has 0 atom stereocenters. The van der Waals surface area contributed by atoms with Crippen LogP contribution in [-0.4, -0.2) is 19.7 Å². The molecule has 0 aliphatic carbocycles. The molecular formula is C12H16N2O2. The molecule has 0 radical (unpaired) electrons. The van der Waals surface area contributed by atoms with Gasteiger partial charge in [0.25, 0.3) is 0 Å². The summed E-state index contributed by atoms with van der Waals surface area (Å²) in [5, 5.41) is 5.23. The molecule has 0 saturated carbocycles. The number of amides is 2. The predicted octanol–water partition coefficient (Wildman–Crippen LogP) is 1.99. The fourth-order valence-electron chi connectivity index (χ4n) is 1.17. The predicted molar refractivity (Wildman–Crippen MR) is 64.2 cm³/mol. The molecule has 2 amide bonds. The Kier molecular flexibility index (Phi) is 4.92. The van der Waals surface area contributed by atoms with Gasteiger partial charge in [-0.1, -0.05) is 12.1 Å². The number of hydrogen-bond donors (Lipinski definition) is 2. The standard InChI is InChI=1S/C12H16N2O2/c1-3-13-12(15)14-8-7-10-5-4-6-11(9-10)16-2/h4-9H,3H2,1-2H3,(H2,13,14,15)/b8-7+. The highest BCUT2D eigenvalue weighted by Gasteiger charge is 1.93. The van der Waals surface area contributed by atoms with E-state index in [2.05, 4.69) is 10.6 Å². The quantitative estimate of drug-likeness (QED) is 0.815. The number of urea groups is 1. The van der Waals surface area contributed by atoms with Crippen LogP contribution < -0.4 is 15.4 Å². The lowest BCUT2D eigenvalue weighted by Crippen LogP contribution is -2.31. The third-order valence-electron chi connectivity index (χ3n) is 1.92. The molecule has 0 fully saturated rings. The number of carbonyl (C=O) groups is 1. The first-order valence-electron chi connectivity index (χ1n) is 5.11. The number of rotatable bonds is 4. The minimum absolute atomic E-state index is 0.207. The summed E-state index contributed by atoms with van der Waals surface area (Å²) in [6, 6.07) is 7.37. The van der Waals surface area contributed by atoms with E-state index in [4.69, 9.17) is 4.74 Å². The molecule has 4 heteroatoms. The van der Waals surface area contributed by atoms with Gasteiger partial charge in [0.2, 0.25) is 0 Å². The van der Waals surface area contributed by atoms with Crippen LogP contribution in [0.4, 0.5) is 4.79 Å². The van der Waals surface area contributed by atoms with Gasteiger partial charge in [0.15, 0.2) is 0 Å². The number of benzene rings is 1. The van der Waals surface area contributed by atoms with Crippen molar-refractivity contribution in [2.24, 2.45) is 0 Å². The molecule has 86 valence electrons. The Morgan fingerprint density at radius 2 is 2.31 bits per heavy atom. The van der Waals surface area contributed by atoms with Crippen LogP contribution in [0.1, 0.15) is 12.5 Å². The van der Waals surface area contributed by atoms with Gasteiger partial charge in [-0.2, -0.15) is 0 Å². The molecule has 1 aromatic rings. The van der Waals surface area contributed by atoms with Crippen molar-refractivity contribution < 1.29 is 9.53 Å². The first kappa shape index (κ1) is 12.1. The Bertz CT molecular complexity index is 375. The monoisotopic (exact) mass is 220 g/mol. The van der Waals surface area contributed by atoms with Crippen LogP contribution in [0.2, 0.25) is 0 Å². The van der Waals surface area contributed by atoms with E-state index < -0.39 is 0 Å². The lowest BCUT2D eigenvalue weighted by atomic mass is 10.2. The lowest BCUT2D eigenvalue weighted by molar-refractivity contribution is 0.244. The molecule has 0 saturated heterocycles. The normalized spacial score (nSPS) is 10.1. The van der Waals surface area contributed by atoms with Crippen LogP contribution in [0, 0.1) is 0 Å². The Balaban J connectivity index is 2.52. The van der Waals surface area contributed by atoms with Crippen LogP contribution in [0.3, 0.4) is 0 Å². The van der Waals surface area contributed by atoms with Crippen LogP contribution in [0.15, 0.2) is 30.5 Å². The smallest absolute Gasteiger partial charge is 0.318 e. The molecule has 0 unspecified atom stereocenters. The lowest BCUT2D eigenvalue weighted by Gasteiger charge is -2.01. The van der Waals surface area contributed by atoms with Gasteiger partial charge in [-0.25, -0.2) is 4.79 Å². The van der Waals surface area contributed by atoms with E-state index in [0.717, 1.165) is 11.3 Å². The van der Waals surface area contributed by atoms with Crippen molar-refractivity contribution in [3.05, 3.63) is 36.0 Å². The van der Waals surface area contributed by atoms with Gasteiger partial charge >= 0.3 is 6.03 Å². The summed E-state index contributed by atoms with van der Waals surface area (Å²) in [7, 11) is 1.62. The minimum atomic E-state index is -0.207. The maximum Gasteiger partial charge on any atom is 0.318 e. The number of nitrogens with one attached hydrogen (secondary N) is 2. The number of carbonyl (C=O) groups excluding carboxylic acids is 1. The Labute approximate surface area is 95.3 Å². The van der Waals surface area contributed by atoms with Crippen LogP contribution in [-0.2, 0) is 0 Å². The molecule has 4 nitrogen and oxygen atoms in total. The second-order valence-corrected chi connectivity index (χ2v) is 3.11. The third-order valence-corrected chi connectivity index (χ3v) is 1.92. The van der Waals surface area contributed by atoms with Crippen LogP contribution in [0.25, 0.3) is 6.08 Å². The van der Waals surface area contributed by atoms with Crippen molar-refractivity contribution in [2.45, 2.75) is 6.92 Å². The van der Waals surface area contributed by atoms with Gasteiger partial charge in [0.05, 0.1) is 7.11 Å². The molecule has 2 N–H and O–H groups in total. The number of hydrogen-bond acceptors (Lipinski definition) is 2. The van der Waals surface area contributed by atoms with E-state index in [0.29, 0.717) is 6.54 Å². The Morgan fingerprint density at radius 1 is 1.50 bits per heavy atom. The molecule has 1 aromatic carbocycles. The molecule has 0 spiro atoms. The maximum absolute atomic E-state index is 11.1. The highest BCUT2D eigenvalue weighted by atomic mass is 16.5. The van der Waals surface area contributed by atoms with E-state index in [1.165, 1.54) is 0 Å². The van der Waals surface area contributed by atoms with Gasteiger partial charge in [-0.15, -0.1) is 0 Å². The summed E-state index contributed by atoms with van der Waals surface area (Å²) in [6.45, 7) is 2.48. The van der Waals surface area contributed by atoms with Gasteiger partial charge in [-0.05, 0) is 30.7 Å². The van der Waals surface area contributed by atoms with Crippen LogP contribution >= 0.6 is 0 Å². The minimum Gasteiger partial charge on any atom is -0.497 e. The fraction of sp³-hybridized carbons (Fsp3) is 0.250. The average Bonchev–Trinajstić information content (AvgIpc) is 2.30. The molecule has 0 aliphatic heterocycles. The zero-order valence-electron chi connectivity index (χ0n) is 9.49. The first-order valence-corrected chi connectivity index (χ1v) is 5.11. The summed E-state index contributed by atoms with van der Waals surface area (Å²) in [6.07, 6.45) is 3.40. The van der Waals surface area contributed by atoms with Gasteiger partial charge < -0.3 is 15.4 Å². The first-order chi connectivity index (χ1) is 7.76. The van der Waals surface area contributed by atoms with Crippen molar-refractivity contribution >= 4 is 12.1 Å². The summed E-state index contributed by atoms with van der Waals surface area (Å²) in [5.41, 5.74) is 0.969. The average molecular weight is 220 g/mol. The SMILES string of the molecule is CCNC(=O)N/C=C/c1cccc(OC)c1. The highest BCUT2D eigenvalue weighted by molar-refractivity contribution is 5.75. The summed E-state index contributed by atoms with van der Waals surface area (Å²) in [4.78, 5) is 11.1. The molecule has 0 aliphatic rings. The summed E-state index contributed by atoms with van der Waals surface area (Å²) >= 11 is 0. The Hall–Kier alpha value is -1.97. The van der Waals surface area contributed by atoms with Gasteiger partial charge in [0.1, 0.15) is 5.75 Å². The largest absolute Gasteiger partial charge is 0.497 e. The second kappa shape index (κ2) is 6.50. The number of methoxy groups -OCH3 is 1. The molecule has 0 aromatic heterocycles. The van der Waals surface area contributed by atoms with E-state index in [1.807, 2.05) is 31.2 Å². The summed E-state index contributed by atoms with van der Waals surface area (Å²) < 4.78 is 5.09. The number of ether oxygens (including phenoxy) is 1. The van der Waals surface area contributed by atoms with Crippen molar-refractivity contribution in [1.29, 1.82) is 0 Å². The highest BCUT2D eigenvalue weighted by Crippen LogP contribution is 2.13. The third kappa shape index (κ3) is 4.04. The Morgan fingerprint density at radius 3 is 3.00 bits per heavy atom. The van der Waals surface area contributed by atoms with Gasteiger partial charge in [0, 0.05) is 12.7 Å². The summed E-state index contributed by atoms with van der Waals surface area (Å²) in [5.74, 6) is 0.792. The van der Waals surface area contributed by atoms with Gasteiger partial charge in [-0.3, -0.25) is 0 Å². The second-order valence-electron chi connectivity index (χ2n) is 3.11. The van der Waals surface area contributed by atoms with E-state index >= 15 is 0 Å². The van der Waals surface area contributed by atoms with Crippen LogP contribution in [0.5, 0.6) is 5.75 Å². The van der Waals surface area contributed by atoms with Crippen molar-refractivity contribution in [3.63, 3.8) is 0 Å². The zero-order valence-corrected chi connectivity index (χ0v) is 9.49. The molecular weight excluding hydrogens is 204 g/mol. The molecule has 0 heterocycles.